The van der Waals surface area contributed by atoms with Crippen LogP contribution in [0.2, 0.25) is 0 Å². The number of nitrogens with zero attached hydrogens (tertiary/aromatic N) is 2. The molecule has 0 saturated carbocycles. The first kappa shape index (κ1) is 27.7. The van der Waals surface area contributed by atoms with Gasteiger partial charge in [0.2, 0.25) is 0 Å². The van der Waals surface area contributed by atoms with Crippen molar-refractivity contribution in [2.45, 2.75) is 38.5 Å². The van der Waals surface area contributed by atoms with Crippen LogP contribution in [0.15, 0.2) is 61.2 Å². The zero-order chi connectivity index (χ0) is 30.7. The summed E-state index contributed by atoms with van der Waals surface area (Å²) in [6.07, 6.45) is 6.44. The smallest absolute Gasteiger partial charge is 0.330 e. The molecule has 0 N–H and O–H groups in total. The van der Waals surface area contributed by atoms with Crippen molar-refractivity contribution in [3.63, 3.8) is 0 Å². The Hall–Kier alpha value is -5.11. The van der Waals surface area contributed by atoms with Crippen molar-refractivity contribution in [2.24, 2.45) is 0 Å². The third-order valence-electron chi connectivity index (χ3n) is 9.11. The molecule has 2 heterocycles. The van der Waals surface area contributed by atoms with Gasteiger partial charge in [-0.3, -0.25) is 29.0 Å². The second-order valence-corrected chi connectivity index (χ2v) is 11.6. The minimum absolute atomic E-state index is 0.287. The summed E-state index contributed by atoms with van der Waals surface area (Å²) >= 11 is 0. The van der Waals surface area contributed by atoms with Gasteiger partial charge in [-0.2, -0.15) is 0 Å². The van der Waals surface area contributed by atoms with Gasteiger partial charge in [0.05, 0.1) is 6.61 Å². The van der Waals surface area contributed by atoms with Gasteiger partial charge < -0.3 is 4.74 Å². The van der Waals surface area contributed by atoms with Crippen LogP contribution in [0.25, 0.3) is 43.1 Å². The molecule has 220 valence electrons. The first-order valence-corrected chi connectivity index (χ1v) is 15.0. The quantitative estimate of drug-likeness (QED) is 0.0455. The molecule has 7 rings (SSSR count). The highest BCUT2D eigenvalue weighted by molar-refractivity contribution is 6.41. The lowest BCUT2D eigenvalue weighted by atomic mass is 9.82. The molecule has 0 spiro atoms. The van der Waals surface area contributed by atoms with Crippen molar-refractivity contribution in [3.05, 3.63) is 83.4 Å². The summed E-state index contributed by atoms with van der Waals surface area (Å²) in [5.41, 5.74) is 2.00. The maximum atomic E-state index is 13.7. The van der Waals surface area contributed by atoms with E-state index in [2.05, 4.69) is 6.58 Å². The molecule has 2 aliphatic rings. The van der Waals surface area contributed by atoms with Crippen molar-refractivity contribution in [1.29, 1.82) is 0 Å². The molecular formula is C36H30N2O6. The molecule has 2 aliphatic heterocycles. The lowest BCUT2D eigenvalue weighted by Crippen LogP contribution is -2.40. The first-order chi connectivity index (χ1) is 21.3. The highest BCUT2D eigenvalue weighted by Gasteiger charge is 2.35. The molecule has 5 aromatic carbocycles. The summed E-state index contributed by atoms with van der Waals surface area (Å²) in [5, 5.41) is 6.52. The molecule has 0 unspecified atom stereocenters. The van der Waals surface area contributed by atoms with E-state index in [1.165, 1.54) is 11.9 Å². The Morgan fingerprint density at radius 3 is 1.48 bits per heavy atom. The third-order valence-corrected chi connectivity index (χ3v) is 9.11. The van der Waals surface area contributed by atoms with Gasteiger partial charge in [-0.15, -0.1) is 0 Å². The van der Waals surface area contributed by atoms with E-state index < -0.39 is 5.97 Å². The van der Waals surface area contributed by atoms with E-state index in [1.807, 2.05) is 24.3 Å². The highest BCUT2D eigenvalue weighted by atomic mass is 16.5. The average Bonchev–Trinajstić information content (AvgIpc) is 3.04. The number of benzene rings is 5. The molecule has 44 heavy (non-hydrogen) atoms. The summed E-state index contributed by atoms with van der Waals surface area (Å²) in [6.45, 7) is 4.12. The third kappa shape index (κ3) is 4.01. The number of carbonyl (C=O) groups excluding carboxylic acids is 5. The Balaban J connectivity index is 1.19. The Bertz CT molecular complexity index is 1970. The monoisotopic (exact) mass is 586 g/mol. The summed E-state index contributed by atoms with van der Waals surface area (Å²) in [5.74, 6) is -1.64. The number of rotatable bonds is 10. The van der Waals surface area contributed by atoms with Gasteiger partial charge in [-0.1, -0.05) is 56.5 Å². The summed E-state index contributed by atoms with van der Waals surface area (Å²) < 4.78 is 4.99. The Morgan fingerprint density at radius 2 is 1.02 bits per heavy atom. The standard InChI is InChI=1S/C36H30N2O6/c1-3-28(39)44-19-9-7-5-4-6-8-18-38-35(42)26-16-12-22-20-10-14-24-31-25(34(41)37(2)33(24)40)15-11-21(29(20)31)23-13-17-27(36(38)43)32(26)30(22)23/h3,10-17H,1,4-9,18-19H2,2H3. The minimum atomic E-state index is -0.406. The molecule has 8 nitrogen and oxygen atoms in total. The van der Waals surface area contributed by atoms with Crippen molar-refractivity contribution >= 4 is 72.7 Å². The first-order valence-electron chi connectivity index (χ1n) is 15.0. The Labute approximate surface area is 253 Å². The maximum absolute atomic E-state index is 13.7. The minimum Gasteiger partial charge on any atom is -0.463 e. The largest absolute Gasteiger partial charge is 0.463 e. The van der Waals surface area contributed by atoms with E-state index in [0.29, 0.717) is 52.6 Å². The summed E-state index contributed by atoms with van der Waals surface area (Å²) in [7, 11) is 1.50. The van der Waals surface area contributed by atoms with E-state index in [4.69, 9.17) is 4.74 Å². The lowest BCUT2D eigenvalue weighted by molar-refractivity contribution is -0.137. The van der Waals surface area contributed by atoms with Crippen LogP contribution in [0.4, 0.5) is 0 Å². The number of amides is 4. The Morgan fingerprint density at radius 1 is 0.614 bits per heavy atom. The van der Waals surface area contributed by atoms with Crippen LogP contribution >= 0.6 is 0 Å². The molecule has 0 fully saturated rings. The molecule has 0 atom stereocenters. The summed E-state index contributed by atoms with van der Waals surface area (Å²) in [6, 6.07) is 14.8. The Kier molecular flexibility index (Phi) is 6.65. The lowest BCUT2D eigenvalue weighted by Gasteiger charge is -2.29. The maximum Gasteiger partial charge on any atom is 0.330 e. The zero-order valence-electron chi connectivity index (χ0n) is 24.4. The number of ether oxygens (including phenoxy) is 1. The summed E-state index contributed by atoms with van der Waals surface area (Å²) in [4.78, 5) is 67.1. The molecule has 0 saturated heterocycles. The van der Waals surface area contributed by atoms with Crippen molar-refractivity contribution in [2.75, 3.05) is 20.2 Å². The number of carbonyl (C=O) groups is 5. The number of unbranched alkanes of at least 4 members (excludes halogenated alkanes) is 5. The number of esters is 1. The second-order valence-electron chi connectivity index (χ2n) is 11.6. The number of imide groups is 2. The van der Waals surface area contributed by atoms with E-state index in [-0.39, 0.29) is 23.6 Å². The molecule has 0 aromatic heterocycles. The van der Waals surface area contributed by atoms with Crippen LogP contribution in [-0.2, 0) is 9.53 Å². The predicted octanol–water partition coefficient (Wildman–Crippen LogP) is 6.63. The predicted molar refractivity (Wildman–Crippen MR) is 168 cm³/mol. The second kappa shape index (κ2) is 10.6. The van der Waals surface area contributed by atoms with Gasteiger partial charge in [-0.25, -0.2) is 4.79 Å². The van der Waals surface area contributed by atoms with Gasteiger partial charge >= 0.3 is 5.97 Å². The van der Waals surface area contributed by atoms with Crippen LogP contribution in [0, 0.1) is 0 Å². The topological polar surface area (TPSA) is 101 Å². The SMILES string of the molecule is C=CC(=O)OCCCCCCCCN1C(=O)c2ccc3c4ccc5c6c(ccc(c7ccc(c2c37)C1=O)c64)C(=O)N(C)C5=O. The van der Waals surface area contributed by atoms with E-state index in [1.54, 1.807) is 24.3 Å². The van der Waals surface area contributed by atoms with Crippen LogP contribution in [0.1, 0.15) is 80.0 Å². The van der Waals surface area contributed by atoms with Gasteiger partial charge in [0, 0.05) is 52.7 Å². The molecule has 0 bridgehead atoms. The normalized spacial score (nSPS) is 14.6. The molecular weight excluding hydrogens is 556 g/mol. The number of hydrogen-bond acceptors (Lipinski definition) is 6. The van der Waals surface area contributed by atoms with Crippen LogP contribution in [-0.4, -0.2) is 59.6 Å². The average molecular weight is 587 g/mol. The van der Waals surface area contributed by atoms with Gasteiger partial charge in [-0.05, 0) is 69.4 Å². The fourth-order valence-corrected chi connectivity index (χ4v) is 6.95. The van der Waals surface area contributed by atoms with Gasteiger partial charge in [0.1, 0.15) is 0 Å². The van der Waals surface area contributed by atoms with Gasteiger partial charge in [0.25, 0.3) is 23.6 Å². The van der Waals surface area contributed by atoms with E-state index >= 15 is 0 Å². The molecule has 0 aliphatic carbocycles. The van der Waals surface area contributed by atoms with E-state index in [0.717, 1.165) is 75.4 Å². The number of hydrogen-bond donors (Lipinski definition) is 0. The van der Waals surface area contributed by atoms with Crippen molar-refractivity contribution < 1.29 is 28.7 Å². The van der Waals surface area contributed by atoms with Crippen LogP contribution in [0.5, 0.6) is 0 Å². The molecule has 0 radical (unpaired) electrons. The van der Waals surface area contributed by atoms with Crippen LogP contribution < -0.4 is 0 Å². The van der Waals surface area contributed by atoms with Crippen LogP contribution in [0.3, 0.4) is 0 Å². The van der Waals surface area contributed by atoms with Crippen molar-refractivity contribution in [1.82, 2.24) is 9.80 Å². The molecule has 4 amide bonds. The fraction of sp³-hybridized carbons (Fsp3) is 0.250. The fourth-order valence-electron chi connectivity index (χ4n) is 6.95. The molecule has 8 heteroatoms. The zero-order valence-corrected chi connectivity index (χ0v) is 24.4. The number of fused-ring (bicyclic) bond motifs is 2. The van der Waals surface area contributed by atoms with Crippen molar-refractivity contribution in [3.8, 4) is 0 Å². The van der Waals surface area contributed by atoms with E-state index in [9.17, 15) is 24.0 Å². The highest BCUT2D eigenvalue weighted by Crippen LogP contribution is 2.46. The van der Waals surface area contributed by atoms with Gasteiger partial charge in [0.15, 0.2) is 0 Å². The molecule has 5 aromatic rings.